The van der Waals surface area contributed by atoms with Gasteiger partial charge in [0.2, 0.25) is 0 Å². The third-order valence-electron chi connectivity index (χ3n) is 5.33. The Morgan fingerprint density at radius 3 is 2.53 bits per heavy atom. The van der Waals surface area contributed by atoms with Gasteiger partial charge in [-0.1, -0.05) is 64.8 Å². The van der Waals surface area contributed by atoms with E-state index in [0.717, 1.165) is 43.2 Å². The van der Waals surface area contributed by atoms with E-state index in [9.17, 15) is 8.78 Å². The van der Waals surface area contributed by atoms with Gasteiger partial charge in [-0.15, -0.1) is 5.73 Å². The van der Waals surface area contributed by atoms with Crippen LogP contribution in [0.25, 0.3) is 0 Å². The van der Waals surface area contributed by atoms with Gasteiger partial charge in [-0.25, -0.2) is 0 Å². The molecule has 0 aromatic carbocycles. The number of halogens is 2. The van der Waals surface area contributed by atoms with Crippen LogP contribution in [0.15, 0.2) is 107 Å². The van der Waals surface area contributed by atoms with E-state index in [1.807, 2.05) is 13.0 Å². The van der Waals surface area contributed by atoms with Crippen LogP contribution in [0.2, 0.25) is 0 Å². The number of aliphatic imine (C=N–C) groups is 1. The highest BCUT2D eigenvalue weighted by atomic mass is 19.3. The van der Waals surface area contributed by atoms with Crippen LogP contribution in [0.1, 0.15) is 47.5 Å². The first kappa shape index (κ1) is 28.9. The van der Waals surface area contributed by atoms with E-state index in [1.165, 1.54) is 17.8 Å². The summed E-state index contributed by atoms with van der Waals surface area (Å²) in [5.41, 5.74) is 7.98. The second-order valence-electron chi connectivity index (χ2n) is 8.24. The van der Waals surface area contributed by atoms with Gasteiger partial charge in [-0.05, 0) is 42.6 Å². The maximum atomic E-state index is 13.5. The summed E-state index contributed by atoms with van der Waals surface area (Å²) in [6.45, 7) is 22.8. The first-order chi connectivity index (χ1) is 16.0. The molecule has 0 fully saturated rings. The molecule has 184 valence electrons. The van der Waals surface area contributed by atoms with Gasteiger partial charge in [0.1, 0.15) is 5.71 Å². The standard InChI is InChI=1S/C29H39F2N3/c1-9-12-25(13-10-2)19-33-23(6)21(4)18-27(11-3)22(5)24(7)34-20-26-14-15-28(29(8,30)31)32-17-16-26/h9,12-13,15-18,21,33-34H,5-7,10-11,19-20H2,1-4,8H3/b12-9-,25-13+,27-18+. The minimum atomic E-state index is -3.00. The minimum Gasteiger partial charge on any atom is -0.384 e. The van der Waals surface area contributed by atoms with Crippen molar-refractivity contribution in [2.75, 3.05) is 13.1 Å². The van der Waals surface area contributed by atoms with Crippen molar-refractivity contribution >= 4 is 5.71 Å². The molecule has 1 aliphatic heterocycles. The molecule has 0 spiro atoms. The van der Waals surface area contributed by atoms with E-state index >= 15 is 0 Å². The van der Waals surface area contributed by atoms with E-state index in [4.69, 9.17) is 0 Å². The van der Waals surface area contributed by atoms with Crippen LogP contribution < -0.4 is 10.6 Å². The predicted octanol–water partition coefficient (Wildman–Crippen LogP) is 7.34. The molecule has 3 nitrogen and oxygen atoms in total. The topological polar surface area (TPSA) is 36.4 Å². The molecule has 34 heavy (non-hydrogen) atoms. The van der Waals surface area contributed by atoms with Gasteiger partial charge in [0, 0.05) is 55.2 Å². The summed E-state index contributed by atoms with van der Waals surface area (Å²) in [6.07, 6.45) is 14.5. The zero-order valence-electron chi connectivity index (χ0n) is 21.3. The molecule has 0 aromatic heterocycles. The van der Waals surface area contributed by atoms with Gasteiger partial charge < -0.3 is 10.6 Å². The van der Waals surface area contributed by atoms with Crippen LogP contribution in [-0.4, -0.2) is 24.7 Å². The molecule has 1 atom stereocenters. The van der Waals surface area contributed by atoms with Crippen LogP contribution in [-0.2, 0) is 0 Å². The van der Waals surface area contributed by atoms with Crippen LogP contribution in [0.3, 0.4) is 0 Å². The molecule has 1 rings (SSSR count). The zero-order chi connectivity index (χ0) is 25.7. The van der Waals surface area contributed by atoms with Gasteiger partial charge in [0.25, 0.3) is 5.92 Å². The molecule has 1 unspecified atom stereocenters. The number of alkyl halides is 2. The normalized spacial score (nSPS) is 15.5. The number of hydrogen-bond donors (Lipinski definition) is 2. The van der Waals surface area contributed by atoms with Gasteiger partial charge in [-0.3, -0.25) is 4.99 Å². The molecule has 0 amide bonds. The van der Waals surface area contributed by atoms with Gasteiger partial charge >= 0.3 is 0 Å². The summed E-state index contributed by atoms with van der Waals surface area (Å²) in [7, 11) is 0. The summed E-state index contributed by atoms with van der Waals surface area (Å²) in [5, 5.41) is 6.65. The smallest absolute Gasteiger partial charge is 0.287 e. The lowest BCUT2D eigenvalue weighted by molar-refractivity contribution is 0.102. The predicted molar refractivity (Wildman–Crippen MR) is 143 cm³/mol. The van der Waals surface area contributed by atoms with Gasteiger partial charge in [0.15, 0.2) is 0 Å². The molecule has 1 heterocycles. The second kappa shape index (κ2) is 14.2. The molecular formula is C29H39F2N3. The number of rotatable bonds is 14. The lowest BCUT2D eigenvalue weighted by atomic mass is 9.96. The molecule has 0 aromatic rings. The quantitative estimate of drug-likeness (QED) is 0.207. The summed E-state index contributed by atoms with van der Waals surface area (Å²) in [6, 6.07) is 0. The molecule has 1 aliphatic rings. The molecule has 0 bridgehead atoms. The highest BCUT2D eigenvalue weighted by Crippen LogP contribution is 2.22. The lowest BCUT2D eigenvalue weighted by Crippen LogP contribution is -2.21. The van der Waals surface area contributed by atoms with Crippen LogP contribution in [0.5, 0.6) is 0 Å². The van der Waals surface area contributed by atoms with E-state index < -0.39 is 5.92 Å². The lowest BCUT2D eigenvalue weighted by Gasteiger charge is -2.19. The summed E-state index contributed by atoms with van der Waals surface area (Å²) >= 11 is 0. The average Bonchev–Trinajstić information content (AvgIpc) is 3.04. The van der Waals surface area contributed by atoms with Crippen LogP contribution in [0, 0.1) is 5.92 Å². The third-order valence-corrected chi connectivity index (χ3v) is 5.33. The van der Waals surface area contributed by atoms with Gasteiger partial charge in [0.05, 0.1) is 0 Å². The molecule has 5 heteroatoms. The van der Waals surface area contributed by atoms with Crippen molar-refractivity contribution in [1.82, 2.24) is 10.6 Å². The number of allylic oxidation sites excluding steroid dienone is 4. The maximum Gasteiger partial charge on any atom is 0.287 e. The number of nitrogens with zero attached hydrogens (tertiary/aromatic N) is 1. The summed E-state index contributed by atoms with van der Waals surface area (Å²) in [5.74, 6) is -2.90. The van der Waals surface area contributed by atoms with Crippen molar-refractivity contribution in [3.8, 4) is 0 Å². The minimum absolute atomic E-state index is 0.106. The van der Waals surface area contributed by atoms with Crippen molar-refractivity contribution in [2.45, 2.75) is 53.4 Å². The number of hydrogen-bond acceptors (Lipinski definition) is 3. The Kier molecular flexibility index (Phi) is 12.0. The summed E-state index contributed by atoms with van der Waals surface area (Å²) < 4.78 is 26.9. The average molecular weight is 468 g/mol. The zero-order valence-corrected chi connectivity index (χ0v) is 21.3. The highest BCUT2D eigenvalue weighted by molar-refractivity contribution is 6.00. The molecule has 0 saturated heterocycles. The first-order valence-corrected chi connectivity index (χ1v) is 11.7. The fraction of sp³-hybridized carbons (Fsp3) is 0.379. The Balaban J connectivity index is 2.77. The Morgan fingerprint density at radius 2 is 1.94 bits per heavy atom. The van der Waals surface area contributed by atoms with Crippen molar-refractivity contribution < 1.29 is 8.78 Å². The van der Waals surface area contributed by atoms with Crippen molar-refractivity contribution in [3.63, 3.8) is 0 Å². The monoisotopic (exact) mass is 467 g/mol. The van der Waals surface area contributed by atoms with E-state index in [2.05, 4.69) is 80.1 Å². The Labute approximate surface area is 204 Å². The second-order valence-corrected chi connectivity index (χ2v) is 8.24. The molecule has 0 radical (unpaired) electrons. The van der Waals surface area contributed by atoms with Crippen LogP contribution >= 0.6 is 0 Å². The van der Waals surface area contributed by atoms with E-state index in [-0.39, 0.29) is 11.6 Å². The highest BCUT2D eigenvalue weighted by Gasteiger charge is 2.27. The van der Waals surface area contributed by atoms with Gasteiger partial charge in [-0.2, -0.15) is 8.78 Å². The SMILES string of the molecule is C=C(NCC1=C=CC(C(C)(F)F)=NC=C1)C(=C)/C(=C/C(C)C(=C)NCC(/C=C\C)=C/CC)CC. The molecule has 2 N–H and O–H groups in total. The molecular weight excluding hydrogens is 428 g/mol. The van der Waals surface area contributed by atoms with Crippen molar-refractivity contribution in [1.29, 1.82) is 0 Å². The van der Waals surface area contributed by atoms with E-state index in [0.29, 0.717) is 17.8 Å². The fourth-order valence-corrected chi connectivity index (χ4v) is 3.19. The Morgan fingerprint density at radius 1 is 1.24 bits per heavy atom. The first-order valence-electron chi connectivity index (χ1n) is 11.7. The largest absolute Gasteiger partial charge is 0.384 e. The third kappa shape index (κ3) is 9.76. The maximum absolute atomic E-state index is 13.5. The van der Waals surface area contributed by atoms with Crippen molar-refractivity contribution in [3.05, 3.63) is 102 Å². The fourth-order valence-electron chi connectivity index (χ4n) is 3.19. The molecule has 0 aliphatic carbocycles. The Bertz CT molecular complexity index is 975. The van der Waals surface area contributed by atoms with Crippen molar-refractivity contribution in [2.24, 2.45) is 10.9 Å². The number of nitrogens with one attached hydrogen (secondary N) is 2. The molecule has 0 saturated carbocycles. The van der Waals surface area contributed by atoms with E-state index in [1.54, 1.807) is 6.08 Å². The van der Waals surface area contributed by atoms with Crippen LogP contribution in [0.4, 0.5) is 8.78 Å². The Hall–Kier alpha value is -3.17. The summed E-state index contributed by atoms with van der Waals surface area (Å²) in [4.78, 5) is 3.79.